The Kier molecular flexibility index (Phi) is 6.79. The lowest BCUT2D eigenvalue weighted by Crippen LogP contribution is -2.24. The van der Waals surface area contributed by atoms with Crippen LogP contribution in [-0.2, 0) is 9.84 Å². The smallest absolute Gasteiger partial charge is 0.147 e. The van der Waals surface area contributed by atoms with Crippen molar-refractivity contribution in [1.82, 2.24) is 4.90 Å². The second kappa shape index (κ2) is 7.64. The fourth-order valence-corrected chi connectivity index (χ4v) is 3.29. The molecule has 0 aliphatic carbocycles. The molecule has 0 unspecified atom stereocenters. The van der Waals surface area contributed by atoms with Crippen molar-refractivity contribution in [3.63, 3.8) is 0 Å². The lowest BCUT2D eigenvalue weighted by molar-refractivity contribution is 0.258. The summed E-state index contributed by atoms with van der Waals surface area (Å²) in [5.74, 6) is 0.247. The summed E-state index contributed by atoms with van der Waals surface area (Å²) in [6.07, 6.45) is 2.80. The zero-order valence-corrected chi connectivity index (χ0v) is 14.4. The second-order valence-electron chi connectivity index (χ2n) is 5.16. The summed E-state index contributed by atoms with van der Waals surface area (Å²) in [5.41, 5.74) is 1.03. The van der Waals surface area contributed by atoms with Crippen LogP contribution in [0.4, 0.5) is 0 Å². The summed E-state index contributed by atoms with van der Waals surface area (Å²) in [4.78, 5) is 2.16. The molecule has 114 valence electrons. The molecule has 1 aromatic rings. The Labute approximate surface area is 131 Å². The average Bonchev–Trinajstić information content (AvgIpc) is 2.32. The highest BCUT2D eigenvalue weighted by Gasteiger charge is 2.14. The summed E-state index contributed by atoms with van der Waals surface area (Å²) in [6.45, 7) is 2.90. The number of hydrogen-bond acceptors (Lipinski definition) is 3. The first-order valence-corrected chi connectivity index (χ1v) is 9.35. The Morgan fingerprint density at radius 1 is 1.25 bits per heavy atom. The van der Waals surface area contributed by atoms with Crippen molar-refractivity contribution in [2.45, 2.75) is 25.8 Å². The highest BCUT2D eigenvalue weighted by molar-refractivity contribution is 7.90. The molecule has 0 fully saturated rings. The molecule has 0 heterocycles. The predicted molar refractivity (Wildman–Crippen MR) is 86.5 cm³/mol. The molecular weight excluding hydrogens is 317 g/mol. The lowest BCUT2D eigenvalue weighted by atomic mass is 10.1. The quantitative estimate of drug-likeness (QED) is 0.710. The van der Waals surface area contributed by atoms with Crippen molar-refractivity contribution >= 4 is 33.0 Å². The molecule has 0 aromatic heterocycles. The van der Waals surface area contributed by atoms with Crippen molar-refractivity contribution in [3.8, 4) is 0 Å². The first-order chi connectivity index (χ1) is 9.20. The second-order valence-corrected chi connectivity index (χ2v) is 8.26. The molecule has 0 bridgehead atoms. The van der Waals surface area contributed by atoms with Gasteiger partial charge in [0.15, 0.2) is 0 Å². The van der Waals surface area contributed by atoms with Crippen LogP contribution in [0.3, 0.4) is 0 Å². The monoisotopic (exact) mass is 337 g/mol. The molecule has 1 atom stereocenters. The topological polar surface area (TPSA) is 37.4 Å². The van der Waals surface area contributed by atoms with E-state index in [1.54, 1.807) is 6.07 Å². The largest absolute Gasteiger partial charge is 0.300 e. The van der Waals surface area contributed by atoms with Gasteiger partial charge in [-0.15, -0.1) is 0 Å². The van der Waals surface area contributed by atoms with Gasteiger partial charge in [-0.2, -0.15) is 0 Å². The van der Waals surface area contributed by atoms with Crippen LogP contribution in [0.25, 0.3) is 0 Å². The van der Waals surface area contributed by atoms with E-state index in [0.717, 1.165) is 18.5 Å². The van der Waals surface area contributed by atoms with Gasteiger partial charge in [0.1, 0.15) is 9.84 Å². The molecule has 0 saturated heterocycles. The minimum Gasteiger partial charge on any atom is -0.300 e. The normalized spacial score (nSPS) is 13.7. The minimum absolute atomic E-state index is 0.165. The van der Waals surface area contributed by atoms with E-state index in [4.69, 9.17) is 23.2 Å². The molecular formula is C14H21Cl2NO2S. The molecule has 20 heavy (non-hydrogen) atoms. The lowest BCUT2D eigenvalue weighted by Gasteiger charge is -2.25. The highest BCUT2D eigenvalue weighted by atomic mass is 35.5. The maximum absolute atomic E-state index is 11.1. The third kappa shape index (κ3) is 6.00. The van der Waals surface area contributed by atoms with E-state index < -0.39 is 9.84 Å². The summed E-state index contributed by atoms with van der Waals surface area (Å²) in [7, 11) is -0.850. The third-order valence-electron chi connectivity index (χ3n) is 3.35. The van der Waals surface area contributed by atoms with Gasteiger partial charge >= 0.3 is 0 Å². The van der Waals surface area contributed by atoms with Crippen LogP contribution in [-0.4, -0.2) is 38.9 Å². The van der Waals surface area contributed by atoms with Crippen molar-refractivity contribution < 1.29 is 8.42 Å². The first-order valence-electron chi connectivity index (χ1n) is 6.53. The molecule has 0 saturated carbocycles. The SMILES string of the molecule is C[C@@H](c1ccc(Cl)cc1Cl)N(C)CCCCS(C)(=O)=O. The number of nitrogens with zero attached hydrogens (tertiary/aromatic N) is 1. The number of hydrogen-bond donors (Lipinski definition) is 0. The number of benzene rings is 1. The number of halogens is 2. The third-order valence-corrected chi connectivity index (χ3v) is 4.94. The van der Waals surface area contributed by atoms with E-state index in [0.29, 0.717) is 16.5 Å². The van der Waals surface area contributed by atoms with Gasteiger partial charge in [0, 0.05) is 28.1 Å². The Morgan fingerprint density at radius 3 is 2.45 bits per heavy atom. The van der Waals surface area contributed by atoms with Gasteiger partial charge in [0.05, 0.1) is 0 Å². The van der Waals surface area contributed by atoms with Gasteiger partial charge in [0.25, 0.3) is 0 Å². The maximum Gasteiger partial charge on any atom is 0.147 e. The summed E-state index contributed by atoms with van der Waals surface area (Å²) in [5, 5.41) is 1.29. The number of rotatable bonds is 7. The Hall–Kier alpha value is -0.290. The van der Waals surface area contributed by atoms with E-state index in [-0.39, 0.29) is 11.8 Å². The fourth-order valence-electron chi connectivity index (χ4n) is 2.00. The van der Waals surface area contributed by atoms with Crippen LogP contribution in [0, 0.1) is 0 Å². The van der Waals surface area contributed by atoms with Crippen LogP contribution in [0.2, 0.25) is 10.0 Å². The van der Waals surface area contributed by atoms with E-state index in [1.807, 2.05) is 19.2 Å². The van der Waals surface area contributed by atoms with Gasteiger partial charge in [-0.1, -0.05) is 29.3 Å². The van der Waals surface area contributed by atoms with Crippen molar-refractivity contribution in [3.05, 3.63) is 33.8 Å². The van der Waals surface area contributed by atoms with E-state index >= 15 is 0 Å². The van der Waals surface area contributed by atoms with Crippen LogP contribution in [0.15, 0.2) is 18.2 Å². The molecule has 0 radical (unpaired) electrons. The van der Waals surface area contributed by atoms with Crippen LogP contribution >= 0.6 is 23.2 Å². The molecule has 1 rings (SSSR count). The standard InChI is InChI=1S/C14H21Cl2NO2S/c1-11(13-7-6-12(15)10-14(13)16)17(2)8-4-5-9-20(3,18)19/h6-7,10-11H,4-5,8-9H2,1-3H3/t11-/m0/s1. The summed E-state index contributed by atoms with van der Waals surface area (Å²) >= 11 is 12.1. The van der Waals surface area contributed by atoms with Crippen molar-refractivity contribution in [2.75, 3.05) is 25.6 Å². The van der Waals surface area contributed by atoms with E-state index in [9.17, 15) is 8.42 Å². The minimum atomic E-state index is -2.86. The van der Waals surface area contributed by atoms with E-state index in [2.05, 4.69) is 11.8 Å². The molecule has 0 aliphatic heterocycles. The molecule has 0 aliphatic rings. The van der Waals surface area contributed by atoms with Crippen LogP contribution in [0.1, 0.15) is 31.4 Å². The molecule has 0 N–H and O–H groups in total. The predicted octanol–water partition coefficient (Wildman–Crippen LogP) is 3.81. The van der Waals surface area contributed by atoms with Crippen molar-refractivity contribution in [1.29, 1.82) is 0 Å². The van der Waals surface area contributed by atoms with Gasteiger partial charge in [-0.25, -0.2) is 8.42 Å². The zero-order valence-electron chi connectivity index (χ0n) is 12.1. The Balaban J connectivity index is 2.52. The van der Waals surface area contributed by atoms with E-state index in [1.165, 1.54) is 6.26 Å². The molecule has 6 heteroatoms. The number of unbranched alkanes of at least 4 members (excludes halogenated alkanes) is 1. The highest BCUT2D eigenvalue weighted by Crippen LogP contribution is 2.29. The zero-order chi connectivity index (χ0) is 15.3. The maximum atomic E-state index is 11.1. The summed E-state index contributed by atoms with van der Waals surface area (Å²) < 4.78 is 22.1. The average molecular weight is 338 g/mol. The molecule has 0 spiro atoms. The molecule has 3 nitrogen and oxygen atoms in total. The van der Waals surface area contributed by atoms with Gasteiger partial charge in [0.2, 0.25) is 0 Å². The molecule has 1 aromatic carbocycles. The van der Waals surface area contributed by atoms with Crippen molar-refractivity contribution in [2.24, 2.45) is 0 Å². The van der Waals surface area contributed by atoms with Gasteiger partial charge in [-0.05, 0) is 51.1 Å². The number of sulfone groups is 1. The first kappa shape index (κ1) is 17.8. The Bertz CT molecular complexity index is 546. The van der Waals surface area contributed by atoms with Crippen LogP contribution in [0.5, 0.6) is 0 Å². The molecule has 0 amide bonds. The fraction of sp³-hybridized carbons (Fsp3) is 0.571. The van der Waals surface area contributed by atoms with Gasteiger partial charge in [-0.3, -0.25) is 4.90 Å². The van der Waals surface area contributed by atoms with Crippen LogP contribution < -0.4 is 0 Å². The Morgan fingerprint density at radius 2 is 1.90 bits per heavy atom. The van der Waals surface area contributed by atoms with Gasteiger partial charge < -0.3 is 0 Å². The summed E-state index contributed by atoms with van der Waals surface area (Å²) in [6, 6.07) is 5.67.